The Kier molecular flexibility index (Phi) is 11.0. The number of rotatable bonds is 4. The molecular formula is C69H80BN3. The molecular weight excluding hydrogens is 882 g/mol. The molecule has 2 unspecified atom stereocenters. The van der Waals surface area contributed by atoms with Gasteiger partial charge in [-0.3, -0.25) is 0 Å². The fourth-order valence-corrected chi connectivity index (χ4v) is 13.2. The highest BCUT2D eigenvalue weighted by Crippen LogP contribution is 2.63. The lowest BCUT2D eigenvalue weighted by atomic mass is 9.33. The molecule has 0 amide bonds. The summed E-state index contributed by atoms with van der Waals surface area (Å²) in [7, 11) is 0. The van der Waals surface area contributed by atoms with E-state index in [0.29, 0.717) is 0 Å². The van der Waals surface area contributed by atoms with E-state index in [9.17, 15) is 0 Å². The summed E-state index contributed by atoms with van der Waals surface area (Å²) in [4.78, 5) is 8.08. The summed E-state index contributed by atoms with van der Waals surface area (Å²) in [6, 6.07) is 55.5. The first-order valence-electron chi connectivity index (χ1n) is 27.4. The second-order valence-corrected chi connectivity index (χ2v) is 28.0. The molecule has 1 saturated carbocycles. The highest BCUT2D eigenvalue weighted by atomic mass is 15.3. The highest BCUT2D eigenvalue weighted by molar-refractivity contribution is 7.00. The van der Waals surface area contributed by atoms with Crippen LogP contribution in [0.1, 0.15) is 170 Å². The Morgan fingerprint density at radius 2 is 0.918 bits per heavy atom. The Balaban J connectivity index is 1.23. The summed E-state index contributed by atoms with van der Waals surface area (Å²) in [5, 5.41) is 0. The minimum Gasteiger partial charge on any atom is -0.334 e. The molecule has 1 fully saturated rings. The fourth-order valence-electron chi connectivity index (χ4n) is 13.2. The van der Waals surface area contributed by atoms with Gasteiger partial charge in [0, 0.05) is 50.8 Å². The van der Waals surface area contributed by atoms with Crippen molar-refractivity contribution in [2.24, 2.45) is 0 Å². The monoisotopic (exact) mass is 962 g/mol. The quantitative estimate of drug-likeness (QED) is 0.163. The lowest BCUT2D eigenvalue weighted by molar-refractivity contribution is 0.330. The van der Waals surface area contributed by atoms with Crippen LogP contribution in [0.2, 0.25) is 0 Å². The molecule has 1 aliphatic carbocycles. The van der Waals surface area contributed by atoms with Gasteiger partial charge in [-0.1, -0.05) is 196 Å². The second kappa shape index (κ2) is 16.3. The van der Waals surface area contributed by atoms with Gasteiger partial charge in [-0.2, -0.15) is 0 Å². The van der Waals surface area contributed by atoms with Gasteiger partial charge in [0.1, 0.15) is 0 Å². The van der Waals surface area contributed by atoms with Crippen molar-refractivity contribution in [3.05, 3.63) is 173 Å². The van der Waals surface area contributed by atoms with Crippen molar-refractivity contribution in [3.63, 3.8) is 0 Å². The van der Waals surface area contributed by atoms with Crippen LogP contribution in [-0.4, -0.2) is 12.3 Å². The van der Waals surface area contributed by atoms with Gasteiger partial charge in [-0.05, 0) is 163 Å². The van der Waals surface area contributed by atoms with Crippen LogP contribution in [-0.2, 0) is 32.5 Å². The standard InChI is InChI=1S/C69H80BN3/c1-63(2,3)45-24-29-50(30-25-45)71-59-43-51(73-57-34-27-47(65(7,8)9)39-53(57)68(16)36-21-37-69(68,73)17)31-32-54(59)70-55-40-48(66(10,11)12)28-35-58(55)72(61-42-49(67(13,14)15)41-60(71)62(61)70)56-33-26-46(64(4,5)6)38-52(56)44-22-19-18-20-23-44/h18-20,22-35,38-43H,21,36-37H2,1-17H3. The van der Waals surface area contributed by atoms with Crippen molar-refractivity contribution >= 4 is 68.6 Å². The first kappa shape index (κ1) is 49.2. The Bertz CT molecular complexity index is 3330. The third-order valence-corrected chi connectivity index (χ3v) is 17.9. The Morgan fingerprint density at radius 3 is 1.52 bits per heavy atom. The largest absolute Gasteiger partial charge is 0.334 e. The van der Waals surface area contributed by atoms with E-state index in [2.05, 4.69) is 272 Å². The highest BCUT2D eigenvalue weighted by Gasteiger charge is 2.60. The summed E-state index contributed by atoms with van der Waals surface area (Å²) < 4.78 is 0. The van der Waals surface area contributed by atoms with E-state index in [1.807, 2.05) is 0 Å². The molecule has 11 rings (SSSR count). The maximum atomic E-state index is 2.77. The smallest absolute Gasteiger partial charge is 0.252 e. The second-order valence-electron chi connectivity index (χ2n) is 28.0. The van der Waals surface area contributed by atoms with Gasteiger partial charge in [0.2, 0.25) is 0 Å². The van der Waals surface area contributed by atoms with Gasteiger partial charge in [0.05, 0.1) is 11.2 Å². The maximum Gasteiger partial charge on any atom is 0.252 e. The van der Waals surface area contributed by atoms with Crippen molar-refractivity contribution in [1.82, 2.24) is 0 Å². The van der Waals surface area contributed by atoms with Crippen LogP contribution < -0.4 is 31.1 Å². The zero-order valence-electron chi connectivity index (χ0n) is 47.3. The van der Waals surface area contributed by atoms with E-state index in [-0.39, 0.29) is 44.7 Å². The van der Waals surface area contributed by atoms with Gasteiger partial charge in [-0.25, -0.2) is 0 Å². The molecule has 0 radical (unpaired) electrons. The zero-order valence-corrected chi connectivity index (χ0v) is 47.3. The van der Waals surface area contributed by atoms with Crippen LogP contribution in [0.4, 0.5) is 45.5 Å². The molecule has 7 aromatic rings. The van der Waals surface area contributed by atoms with Crippen LogP contribution in [0.3, 0.4) is 0 Å². The normalized spacial score (nSPS) is 19.4. The molecule has 0 spiro atoms. The van der Waals surface area contributed by atoms with Crippen molar-refractivity contribution in [3.8, 4) is 11.1 Å². The molecule has 3 nitrogen and oxygen atoms in total. The predicted molar refractivity (Wildman–Crippen MR) is 318 cm³/mol. The number of fused-ring (bicyclic) bond motifs is 7. The lowest BCUT2D eigenvalue weighted by Crippen LogP contribution is -2.61. The Hall–Kier alpha value is -6.00. The SMILES string of the molecule is CC(C)(C)c1ccc(N2c3cc(N4c5ccc(C(C)(C)C)cc5C5(C)CCCC45C)ccc3B3c4cc(C(C)(C)C)ccc4N(c4ccc(C(C)(C)C)cc4-c4ccccc4)c4cc(C(C)(C)C)cc2c43)cc1. The van der Waals surface area contributed by atoms with Crippen LogP contribution in [0.25, 0.3) is 11.1 Å². The Labute approximate surface area is 440 Å². The molecule has 0 bridgehead atoms. The minimum absolute atomic E-state index is 0.0109. The van der Waals surface area contributed by atoms with E-state index < -0.39 is 0 Å². The molecule has 0 saturated heterocycles. The Morgan fingerprint density at radius 1 is 0.397 bits per heavy atom. The van der Waals surface area contributed by atoms with E-state index >= 15 is 0 Å². The van der Waals surface area contributed by atoms with Gasteiger partial charge >= 0.3 is 0 Å². The van der Waals surface area contributed by atoms with E-state index in [1.54, 1.807) is 0 Å². The number of benzene rings is 7. The summed E-state index contributed by atoms with van der Waals surface area (Å²) in [5.74, 6) is 0. The summed E-state index contributed by atoms with van der Waals surface area (Å²) in [5.41, 5.74) is 24.7. The van der Waals surface area contributed by atoms with Gasteiger partial charge in [-0.15, -0.1) is 0 Å². The lowest BCUT2D eigenvalue weighted by Gasteiger charge is -2.47. The van der Waals surface area contributed by atoms with Crippen molar-refractivity contribution in [2.45, 2.75) is 175 Å². The van der Waals surface area contributed by atoms with Crippen molar-refractivity contribution < 1.29 is 0 Å². The van der Waals surface area contributed by atoms with E-state index in [0.717, 1.165) is 6.42 Å². The molecule has 3 aliphatic heterocycles. The molecule has 7 aromatic carbocycles. The number of hydrogen-bond donors (Lipinski definition) is 0. The molecule has 4 aliphatic rings. The molecule has 2 atom stereocenters. The maximum absolute atomic E-state index is 2.77. The summed E-state index contributed by atoms with van der Waals surface area (Å²) in [6.45, 7) is 40.4. The average Bonchev–Trinajstić information content (AvgIpc) is 3.73. The number of hydrogen-bond acceptors (Lipinski definition) is 3. The molecule has 0 aromatic heterocycles. The van der Waals surface area contributed by atoms with E-state index in [4.69, 9.17) is 0 Å². The number of nitrogens with zero attached hydrogens (tertiary/aromatic N) is 3. The first-order valence-corrected chi connectivity index (χ1v) is 27.4. The van der Waals surface area contributed by atoms with Crippen LogP contribution >= 0.6 is 0 Å². The van der Waals surface area contributed by atoms with Gasteiger partial charge in [0.25, 0.3) is 6.71 Å². The summed E-state index contributed by atoms with van der Waals surface area (Å²) >= 11 is 0. The summed E-state index contributed by atoms with van der Waals surface area (Å²) in [6.07, 6.45) is 3.57. The van der Waals surface area contributed by atoms with E-state index in [1.165, 1.54) is 119 Å². The number of anilines is 8. The van der Waals surface area contributed by atoms with Crippen LogP contribution in [0.5, 0.6) is 0 Å². The molecule has 73 heavy (non-hydrogen) atoms. The molecule has 374 valence electrons. The van der Waals surface area contributed by atoms with Crippen molar-refractivity contribution in [2.75, 3.05) is 14.7 Å². The van der Waals surface area contributed by atoms with Gasteiger partial charge < -0.3 is 14.7 Å². The molecule has 0 N–H and O–H groups in total. The van der Waals surface area contributed by atoms with Gasteiger partial charge in [0.15, 0.2) is 0 Å². The third kappa shape index (κ3) is 7.73. The molecule has 3 heterocycles. The minimum atomic E-state index is -0.141. The van der Waals surface area contributed by atoms with Crippen molar-refractivity contribution in [1.29, 1.82) is 0 Å². The predicted octanol–water partition coefficient (Wildman–Crippen LogP) is 17.3. The van der Waals surface area contributed by atoms with Crippen LogP contribution in [0, 0.1) is 0 Å². The average molecular weight is 962 g/mol. The van der Waals surface area contributed by atoms with Crippen LogP contribution in [0.15, 0.2) is 140 Å². The third-order valence-electron chi connectivity index (χ3n) is 17.9. The zero-order chi connectivity index (χ0) is 52.2. The first-order chi connectivity index (χ1) is 34.1. The molecule has 4 heteroatoms. The topological polar surface area (TPSA) is 9.72 Å². The fraction of sp³-hybridized carbons (Fsp3) is 0.391.